The van der Waals surface area contributed by atoms with E-state index in [1.807, 2.05) is 0 Å². The smallest absolute Gasteiger partial charge is 0.407 e. The number of rotatable bonds is 16. The summed E-state index contributed by atoms with van der Waals surface area (Å²) < 4.78 is 15.8. The third-order valence-electron chi connectivity index (χ3n) is 5.93. The van der Waals surface area contributed by atoms with Gasteiger partial charge < -0.3 is 40.6 Å². The quantitative estimate of drug-likeness (QED) is 0.0730. The van der Waals surface area contributed by atoms with Crippen molar-refractivity contribution in [2.75, 3.05) is 32.1 Å². The first-order chi connectivity index (χ1) is 21.3. The largest absolute Gasteiger partial charge is 0.506 e. The number of carbonyl (C=O) groups excluding carboxylic acids is 5. The molecule has 1 aromatic carbocycles. The summed E-state index contributed by atoms with van der Waals surface area (Å²) in [4.78, 5) is 61.8. The maximum absolute atomic E-state index is 12.7. The van der Waals surface area contributed by atoms with Crippen LogP contribution in [0.25, 0.3) is 0 Å². The molecule has 2 atom stereocenters. The summed E-state index contributed by atoms with van der Waals surface area (Å²) in [6.45, 7) is 13.1. The average Bonchev–Trinajstić information content (AvgIpc) is 2.90. The number of halogens is 1. The van der Waals surface area contributed by atoms with Crippen LogP contribution in [-0.4, -0.2) is 78.9 Å². The topological polar surface area (TPSA) is 181 Å². The molecule has 0 radical (unpaired) electrons. The third kappa shape index (κ3) is 17.7. The Kier molecular flexibility index (Phi) is 16.8. The number of hydrogen-bond acceptors (Lipinski definition) is 9. The monoisotopic (exact) mass is 712 g/mol. The number of phenolic OH excluding ortho intramolecular Hbond substituents is 1. The summed E-state index contributed by atoms with van der Waals surface area (Å²) >= 11 is 3.06. The summed E-state index contributed by atoms with van der Waals surface area (Å²) in [6, 6.07) is 4.16. The molecule has 0 aliphatic carbocycles. The van der Waals surface area contributed by atoms with Gasteiger partial charge in [-0.15, -0.1) is 0 Å². The molecule has 0 fully saturated rings. The van der Waals surface area contributed by atoms with Crippen molar-refractivity contribution in [1.82, 2.24) is 16.0 Å². The lowest BCUT2D eigenvalue weighted by atomic mass is 9.95. The van der Waals surface area contributed by atoms with Crippen LogP contribution < -0.4 is 21.3 Å². The molecule has 5 N–H and O–H groups in total. The number of benzene rings is 1. The molecule has 1 rings (SSSR count). The Morgan fingerprint density at radius 1 is 0.978 bits per heavy atom. The Balaban J connectivity index is 2.82. The molecule has 0 heterocycles. The van der Waals surface area contributed by atoms with Crippen LogP contribution in [-0.2, 0) is 39.8 Å². The number of ether oxygens (including phenoxy) is 3. The van der Waals surface area contributed by atoms with Crippen LogP contribution >= 0.6 is 15.9 Å². The van der Waals surface area contributed by atoms with Gasteiger partial charge >= 0.3 is 12.1 Å². The molecule has 0 aromatic heterocycles. The van der Waals surface area contributed by atoms with E-state index >= 15 is 0 Å². The fourth-order valence-electron chi connectivity index (χ4n) is 3.94. The Morgan fingerprint density at radius 2 is 1.63 bits per heavy atom. The van der Waals surface area contributed by atoms with Crippen LogP contribution in [0.1, 0.15) is 73.3 Å². The van der Waals surface area contributed by atoms with Gasteiger partial charge in [0.1, 0.15) is 17.0 Å². The minimum atomic E-state index is -0.724. The number of amides is 4. The van der Waals surface area contributed by atoms with Gasteiger partial charge in [-0.2, -0.15) is 0 Å². The molecule has 1 aromatic rings. The lowest BCUT2D eigenvalue weighted by molar-refractivity contribution is -0.159. The number of nitrogens with one attached hydrogen (secondary N) is 4. The minimum absolute atomic E-state index is 0.0442. The van der Waals surface area contributed by atoms with Crippen molar-refractivity contribution in [1.29, 1.82) is 0 Å². The van der Waals surface area contributed by atoms with Gasteiger partial charge in [0, 0.05) is 38.7 Å². The predicted molar refractivity (Wildman–Crippen MR) is 177 cm³/mol. The second-order valence-corrected chi connectivity index (χ2v) is 13.6. The number of hydrogen-bond donors (Lipinski definition) is 5. The highest BCUT2D eigenvalue weighted by Gasteiger charge is 2.27. The molecule has 13 nitrogen and oxygen atoms in total. The van der Waals surface area contributed by atoms with Crippen molar-refractivity contribution in [3.05, 3.63) is 34.3 Å². The third-order valence-corrected chi connectivity index (χ3v) is 6.52. The number of aromatic hydroxyl groups is 1. The molecular formula is C32H49BrN4O9. The van der Waals surface area contributed by atoms with E-state index in [-0.39, 0.29) is 41.7 Å². The number of anilines is 1. The molecule has 0 saturated heterocycles. The van der Waals surface area contributed by atoms with Gasteiger partial charge in [0.05, 0.1) is 22.7 Å². The number of phenols is 1. The average molecular weight is 714 g/mol. The zero-order valence-electron chi connectivity index (χ0n) is 28.0. The van der Waals surface area contributed by atoms with E-state index < -0.39 is 52.9 Å². The Bertz CT molecular complexity index is 1240. The molecule has 258 valence electrons. The van der Waals surface area contributed by atoms with Gasteiger partial charge in [0.2, 0.25) is 11.8 Å². The van der Waals surface area contributed by atoms with Gasteiger partial charge in [0.25, 0.3) is 5.91 Å². The second-order valence-electron chi connectivity index (χ2n) is 12.8. The standard InChI is InChI=1S/C32H49BrN4O9/c1-20(29(42)45-31(2,3)4)16-22(36-30(43)46-32(5,6)7)17-21-11-12-25(38)24(18-21)37-26(39)10-9-13-34-27(40)19-23(33)28(41)35-14-15-44-8/h11-12,18-20,22,38H,9-10,13-17H2,1-8H3,(H,34,40)(H,35,41)(H,36,43)(H,37,39)/b23-19+. The normalized spacial score (nSPS) is 13.2. The molecule has 0 aliphatic heterocycles. The second kappa shape index (κ2) is 19.1. The molecule has 0 saturated carbocycles. The highest BCUT2D eigenvalue weighted by Crippen LogP contribution is 2.26. The van der Waals surface area contributed by atoms with Gasteiger partial charge in [-0.1, -0.05) is 13.0 Å². The van der Waals surface area contributed by atoms with Crippen molar-refractivity contribution in [2.24, 2.45) is 5.92 Å². The van der Waals surface area contributed by atoms with E-state index in [9.17, 15) is 29.1 Å². The lowest BCUT2D eigenvalue weighted by Gasteiger charge is -2.27. The summed E-state index contributed by atoms with van der Waals surface area (Å²) in [5.41, 5.74) is -0.528. The highest BCUT2D eigenvalue weighted by molar-refractivity contribution is 9.12. The van der Waals surface area contributed by atoms with Crippen molar-refractivity contribution in [3.8, 4) is 5.75 Å². The maximum Gasteiger partial charge on any atom is 0.407 e. The van der Waals surface area contributed by atoms with Crippen molar-refractivity contribution in [2.45, 2.75) is 91.4 Å². The molecule has 46 heavy (non-hydrogen) atoms. The van der Waals surface area contributed by atoms with Crippen LogP contribution in [0.5, 0.6) is 5.75 Å². The Labute approximate surface area is 279 Å². The van der Waals surface area contributed by atoms with E-state index in [4.69, 9.17) is 14.2 Å². The van der Waals surface area contributed by atoms with E-state index in [2.05, 4.69) is 37.2 Å². The first-order valence-electron chi connectivity index (χ1n) is 15.1. The van der Waals surface area contributed by atoms with Gasteiger partial charge in [-0.3, -0.25) is 19.2 Å². The SMILES string of the molecule is COCCNC(=O)/C(Br)=C\C(=O)NCCCC(=O)Nc1cc(CC(CC(C)C(=O)OC(C)(C)C)NC(=O)OC(C)(C)C)ccc1O. The molecule has 4 amide bonds. The number of alkyl carbamates (subject to hydrolysis) is 1. The zero-order chi connectivity index (χ0) is 35.1. The van der Waals surface area contributed by atoms with Gasteiger partial charge in [0.15, 0.2) is 0 Å². The van der Waals surface area contributed by atoms with Crippen LogP contribution in [0, 0.1) is 5.92 Å². The summed E-state index contributed by atoms with van der Waals surface area (Å²) in [6.07, 6.45) is 1.34. The number of carbonyl (C=O) groups is 5. The van der Waals surface area contributed by atoms with Crippen LogP contribution in [0.2, 0.25) is 0 Å². The Morgan fingerprint density at radius 3 is 2.24 bits per heavy atom. The van der Waals surface area contributed by atoms with Crippen LogP contribution in [0.15, 0.2) is 28.8 Å². The van der Waals surface area contributed by atoms with Crippen molar-refractivity contribution in [3.63, 3.8) is 0 Å². The summed E-state index contributed by atoms with van der Waals surface area (Å²) in [5, 5.41) is 21.1. The molecule has 2 unspecified atom stereocenters. The highest BCUT2D eigenvalue weighted by atomic mass is 79.9. The molecule has 0 bridgehead atoms. The van der Waals surface area contributed by atoms with Gasteiger partial charge in [-0.05, 0) is 94.4 Å². The van der Waals surface area contributed by atoms with E-state index in [1.54, 1.807) is 60.6 Å². The Hall–Kier alpha value is -3.65. The molecule has 0 spiro atoms. The fraction of sp³-hybridized carbons (Fsp3) is 0.594. The maximum atomic E-state index is 12.7. The van der Waals surface area contributed by atoms with Gasteiger partial charge in [-0.25, -0.2) is 4.79 Å². The van der Waals surface area contributed by atoms with Crippen LogP contribution in [0.3, 0.4) is 0 Å². The van der Waals surface area contributed by atoms with Crippen LogP contribution in [0.4, 0.5) is 10.5 Å². The first-order valence-corrected chi connectivity index (χ1v) is 15.8. The number of esters is 1. The van der Waals surface area contributed by atoms with E-state index in [1.165, 1.54) is 13.2 Å². The lowest BCUT2D eigenvalue weighted by Crippen LogP contribution is -2.42. The molecule has 0 aliphatic rings. The zero-order valence-corrected chi connectivity index (χ0v) is 29.6. The van der Waals surface area contributed by atoms with Crippen molar-refractivity contribution < 1.29 is 43.3 Å². The molecular weight excluding hydrogens is 664 g/mol. The summed E-state index contributed by atoms with van der Waals surface area (Å²) in [7, 11) is 1.51. The predicted octanol–water partition coefficient (Wildman–Crippen LogP) is 4.07. The van der Waals surface area contributed by atoms with E-state index in [0.29, 0.717) is 25.1 Å². The number of methoxy groups -OCH3 is 1. The summed E-state index contributed by atoms with van der Waals surface area (Å²) in [5.74, 6) is -2.44. The van der Waals surface area contributed by atoms with Crippen molar-refractivity contribution >= 4 is 51.4 Å². The molecule has 14 heteroatoms. The van der Waals surface area contributed by atoms with E-state index in [0.717, 1.165) is 6.08 Å². The minimum Gasteiger partial charge on any atom is -0.506 e. The fourth-order valence-corrected chi connectivity index (χ4v) is 4.29. The first kappa shape index (κ1) is 40.4.